The molecule has 4 aromatic rings. The molecule has 1 N–H and O–H groups in total. The van der Waals surface area contributed by atoms with Crippen LogP contribution < -0.4 is 9.64 Å². The SMILES string of the molecule is CCc1c(F)ccc2cc(O)cc(-c3ncc4c(N5CCC5)nc(OC[C@@]56CCCN5C[C@H](F)C6)nc4c3F)c12. The molecule has 5 heterocycles. The molecule has 3 aliphatic rings. The number of alkyl halides is 1. The Hall–Kier alpha value is -3.66. The number of aryl methyl sites for hydroxylation is 1. The van der Waals surface area contributed by atoms with Crippen LogP contribution >= 0.6 is 0 Å². The fraction of sp³-hybridized carbons (Fsp3) is 0.433. The summed E-state index contributed by atoms with van der Waals surface area (Å²) in [5.74, 6) is -0.631. The summed E-state index contributed by atoms with van der Waals surface area (Å²) in [7, 11) is 0. The number of ether oxygens (including phenoxy) is 1. The number of hydrogen-bond acceptors (Lipinski definition) is 7. The highest BCUT2D eigenvalue weighted by molar-refractivity contribution is 6.01. The lowest BCUT2D eigenvalue weighted by molar-refractivity contribution is 0.107. The number of nitrogens with zero attached hydrogens (tertiary/aromatic N) is 5. The number of halogens is 3. The first-order valence-corrected chi connectivity index (χ1v) is 13.9. The van der Waals surface area contributed by atoms with Crippen LogP contribution in [0.3, 0.4) is 0 Å². The standard InChI is InChI=1S/C30H30F3N5O2/c1-2-20-23(32)6-5-17-11-19(39)12-21(24(17)20)26-25(33)27-22(14-34-26)28(37-8-4-9-37)36-29(35-27)40-16-30-7-3-10-38(30)15-18(31)13-30/h5-6,11-12,14,18,39H,2-4,7-10,13,15-16H2,1H3/t18-,30+/m1/s1. The van der Waals surface area contributed by atoms with Gasteiger partial charge in [-0.3, -0.25) is 9.88 Å². The summed E-state index contributed by atoms with van der Waals surface area (Å²) in [5, 5.41) is 12.0. The molecular formula is C30H30F3N5O2. The normalized spacial score (nSPS) is 22.7. The number of phenols is 1. The molecule has 0 radical (unpaired) electrons. The Labute approximate surface area is 229 Å². The maximum Gasteiger partial charge on any atom is 0.319 e. The van der Waals surface area contributed by atoms with Gasteiger partial charge in [0.05, 0.1) is 10.9 Å². The van der Waals surface area contributed by atoms with Crippen LogP contribution in [0.15, 0.2) is 30.5 Å². The van der Waals surface area contributed by atoms with Crippen molar-refractivity contribution in [3.8, 4) is 23.0 Å². The van der Waals surface area contributed by atoms with Crippen LogP contribution in [0.1, 0.15) is 38.2 Å². The summed E-state index contributed by atoms with van der Waals surface area (Å²) in [5.41, 5.74) is 0.322. The van der Waals surface area contributed by atoms with E-state index in [1.165, 1.54) is 24.4 Å². The van der Waals surface area contributed by atoms with Gasteiger partial charge < -0.3 is 14.7 Å². The van der Waals surface area contributed by atoms with Gasteiger partial charge in [-0.2, -0.15) is 9.97 Å². The van der Waals surface area contributed by atoms with Gasteiger partial charge in [0, 0.05) is 37.8 Å². The van der Waals surface area contributed by atoms with Crippen molar-refractivity contribution in [3.63, 3.8) is 0 Å². The lowest BCUT2D eigenvalue weighted by Crippen LogP contribution is -2.43. The van der Waals surface area contributed by atoms with E-state index in [1.54, 1.807) is 6.07 Å². The molecule has 3 aliphatic heterocycles. The number of rotatable bonds is 6. The summed E-state index contributed by atoms with van der Waals surface area (Å²) in [4.78, 5) is 17.8. The van der Waals surface area contributed by atoms with Gasteiger partial charge in [0.1, 0.15) is 41.4 Å². The zero-order valence-corrected chi connectivity index (χ0v) is 22.3. The fourth-order valence-corrected chi connectivity index (χ4v) is 6.72. The molecule has 0 unspecified atom stereocenters. The third-order valence-corrected chi connectivity index (χ3v) is 8.79. The molecule has 3 fully saturated rings. The number of aromatic nitrogens is 3. The van der Waals surface area contributed by atoms with Crippen LogP contribution in [0.4, 0.5) is 19.0 Å². The van der Waals surface area contributed by atoms with Crippen molar-refractivity contribution in [3.05, 3.63) is 47.7 Å². The fourth-order valence-electron chi connectivity index (χ4n) is 6.72. The second-order valence-electron chi connectivity index (χ2n) is 11.2. The first-order chi connectivity index (χ1) is 19.4. The van der Waals surface area contributed by atoms with Crippen molar-refractivity contribution in [2.24, 2.45) is 0 Å². The summed E-state index contributed by atoms with van der Waals surface area (Å²) >= 11 is 0. The highest BCUT2D eigenvalue weighted by Crippen LogP contribution is 2.42. The Morgan fingerprint density at radius 1 is 1.12 bits per heavy atom. The summed E-state index contributed by atoms with van der Waals surface area (Å²) in [6.07, 6.45) is 4.25. The molecule has 0 aliphatic carbocycles. The Bertz CT molecular complexity index is 1650. The molecule has 0 spiro atoms. The molecule has 2 atom stereocenters. The maximum absolute atomic E-state index is 16.4. The van der Waals surface area contributed by atoms with Crippen LogP contribution in [-0.4, -0.2) is 69.5 Å². The molecule has 208 valence electrons. The second kappa shape index (κ2) is 9.47. The average molecular weight is 550 g/mol. The van der Waals surface area contributed by atoms with Crippen molar-refractivity contribution >= 4 is 27.5 Å². The molecule has 0 saturated carbocycles. The number of hydrogen-bond donors (Lipinski definition) is 1. The molecule has 3 saturated heterocycles. The first kappa shape index (κ1) is 25.3. The topological polar surface area (TPSA) is 74.6 Å². The average Bonchev–Trinajstić information content (AvgIpc) is 3.42. The summed E-state index contributed by atoms with van der Waals surface area (Å²) < 4.78 is 51.6. The molecule has 7 rings (SSSR count). The van der Waals surface area contributed by atoms with E-state index in [0.717, 1.165) is 38.9 Å². The number of benzene rings is 2. The van der Waals surface area contributed by atoms with Crippen molar-refractivity contribution in [2.75, 3.05) is 37.7 Å². The van der Waals surface area contributed by atoms with E-state index in [1.807, 2.05) is 11.8 Å². The van der Waals surface area contributed by atoms with Gasteiger partial charge in [0.15, 0.2) is 5.82 Å². The van der Waals surface area contributed by atoms with Crippen LogP contribution in [0.2, 0.25) is 0 Å². The van der Waals surface area contributed by atoms with Crippen molar-refractivity contribution < 1.29 is 23.0 Å². The van der Waals surface area contributed by atoms with Gasteiger partial charge in [-0.1, -0.05) is 13.0 Å². The van der Waals surface area contributed by atoms with E-state index < -0.39 is 23.3 Å². The first-order valence-electron chi connectivity index (χ1n) is 13.9. The molecule has 40 heavy (non-hydrogen) atoms. The molecule has 2 aromatic carbocycles. The number of fused-ring (bicyclic) bond motifs is 3. The minimum absolute atomic E-state index is 0.0371. The van der Waals surface area contributed by atoms with Crippen molar-refractivity contribution in [2.45, 2.75) is 50.7 Å². The summed E-state index contributed by atoms with van der Waals surface area (Å²) in [6.45, 7) is 4.84. The lowest BCUT2D eigenvalue weighted by atomic mass is 9.94. The number of phenolic OH excluding ortho intramolecular Hbond substituents is 1. The zero-order valence-electron chi connectivity index (χ0n) is 22.3. The van der Waals surface area contributed by atoms with Crippen molar-refractivity contribution in [1.29, 1.82) is 0 Å². The molecule has 0 bridgehead atoms. The number of aromatic hydroxyl groups is 1. The van der Waals surface area contributed by atoms with Gasteiger partial charge in [-0.25, -0.2) is 13.2 Å². The van der Waals surface area contributed by atoms with Crippen LogP contribution in [0.25, 0.3) is 32.9 Å². The van der Waals surface area contributed by atoms with Crippen LogP contribution in [0, 0.1) is 11.6 Å². The Kier molecular flexibility index (Phi) is 5.99. The van der Waals surface area contributed by atoms with E-state index in [9.17, 15) is 13.9 Å². The highest BCUT2D eigenvalue weighted by Gasteiger charge is 2.49. The van der Waals surface area contributed by atoms with Gasteiger partial charge >= 0.3 is 6.01 Å². The Balaban J connectivity index is 1.36. The van der Waals surface area contributed by atoms with Crippen LogP contribution in [0.5, 0.6) is 11.8 Å². The molecule has 10 heteroatoms. The zero-order chi connectivity index (χ0) is 27.6. The van der Waals surface area contributed by atoms with E-state index in [2.05, 4.69) is 19.9 Å². The van der Waals surface area contributed by atoms with Gasteiger partial charge in [-0.15, -0.1) is 0 Å². The quantitative estimate of drug-likeness (QED) is 0.338. The third kappa shape index (κ3) is 3.95. The van der Waals surface area contributed by atoms with Gasteiger partial charge in [0.2, 0.25) is 0 Å². The number of pyridine rings is 1. The maximum atomic E-state index is 16.4. The summed E-state index contributed by atoms with van der Waals surface area (Å²) in [6, 6.07) is 5.90. The molecule has 7 nitrogen and oxygen atoms in total. The third-order valence-electron chi connectivity index (χ3n) is 8.79. The van der Waals surface area contributed by atoms with E-state index in [4.69, 9.17) is 4.74 Å². The second-order valence-corrected chi connectivity index (χ2v) is 11.2. The highest BCUT2D eigenvalue weighted by atomic mass is 19.1. The Morgan fingerprint density at radius 3 is 2.75 bits per heavy atom. The van der Waals surface area contributed by atoms with E-state index >= 15 is 4.39 Å². The minimum atomic E-state index is -0.890. The van der Waals surface area contributed by atoms with Crippen molar-refractivity contribution in [1.82, 2.24) is 19.9 Å². The molecule has 0 amide bonds. The minimum Gasteiger partial charge on any atom is -0.508 e. The van der Waals surface area contributed by atoms with Gasteiger partial charge in [0.25, 0.3) is 0 Å². The van der Waals surface area contributed by atoms with Crippen LogP contribution in [-0.2, 0) is 6.42 Å². The Morgan fingerprint density at radius 2 is 1.98 bits per heavy atom. The monoisotopic (exact) mass is 549 g/mol. The largest absolute Gasteiger partial charge is 0.508 e. The predicted octanol–water partition coefficient (Wildman–Crippen LogP) is 5.56. The smallest absolute Gasteiger partial charge is 0.319 e. The lowest BCUT2D eigenvalue weighted by Gasteiger charge is -2.33. The predicted molar refractivity (Wildman–Crippen MR) is 147 cm³/mol. The van der Waals surface area contributed by atoms with E-state index in [0.29, 0.717) is 46.9 Å². The number of anilines is 1. The molecular weight excluding hydrogens is 519 g/mol. The molecule has 2 aromatic heterocycles. The van der Waals surface area contributed by atoms with E-state index in [-0.39, 0.29) is 35.1 Å². The van der Waals surface area contributed by atoms with Gasteiger partial charge in [-0.05, 0) is 66.8 Å².